The Morgan fingerprint density at radius 2 is 1.65 bits per heavy atom. The predicted molar refractivity (Wildman–Crippen MR) is 151 cm³/mol. The molecule has 0 aliphatic heterocycles. The standard InChI is InChI=1S/C32H39N3O2/c1-24-13-15-25(16-14-24)31(36)33-21-9-5-6-12-30-34-28-10-7-8-11-29(28)35(30)22-23-37-27-19-17-26(18-20-27)32(2,3)4/h7-8,10-11,13-20H,5-6,9,12,21-23H2,1-4H3,(H,33,36). The van der Waals surface area contributed by atoms with Gasteiger partial charge in [0.25, 0.3) is 5.91 Å². The van der Waals surface area contributed by atoms with E-state index < -0.39 is 0 Å². The fourth-order valence-electron chi connectivity index (χ4n) is 4.47. The van der Waals surface area contributed by atoms with Crippen LogP contribution in [0.3, 0.4) is 0 Å². The molecule has 1 aromatic heterocycles. The second-order valence-electron chi connectivity index (χ2n) is 10.7. The van der Waals surface area contributed by atoms with E-state index in [0.717, 1.165) is 60.4 Å². The average molecular weight is 498 g/mol. The van der Waals surface area contributed by atoms with Gasteiger partial charge in [-0.1, -0.05) is 69.2 Å². The number of amides is 1. The van der Waals surface area contributed by atoms with E-state index >= 15 is 0 Å². The minimum atomic E-state index is -0.00478. The Kier molecular flexibility index (Phi) is 8.65. The third kappa shape index (κ3) is 7.22. The quantitative estimate of drug-likeness (QED) is 0.230. The summed E-state index contributed by atoms with van der Waals surface area (Å²) in [6.45, 7) is 10.7. The Hall–Kier alpha value is -3.60. The number of hydrogen-bond donors (Lipinski definition) is 1. The van der Waals surface area contributed by atoms with E-state index in [9.17, 15) is 4.79 Å². The van der Waals surface area contributed by atoms with Crippen molar-refractivity contribution in [2.75, 3.05) is 13.2 Å². The number of para-hydroxylation sites is 2. The average Bonchev–Trinajstić information content (AvgIpc) is 3.23. The fraction of sp³-hybridized carbons (Fsp3) is 0.375. The predicted octanol–water partition coefficient (Wildman–Crippen LogP) is 6.86. The summed E-state index contributed by atoms with van der Waals surface area (Å²) in [5.41, 5.74) is 5.48. The lowest BCUT2D eigenvalue weighted by atomic mass is 9.87. The van der Waals surface area contributed by atoms with E-state index in [0.29, 0.717) is 18.7 Å². The number of benzene rings is 3. The molecule has 1 heterocycles. The van der Waals surface area contributed by atoms with Crippen molar-refractivity contribution < 1.29 is 9.53 Å². The number of imidazole rings is 1. The maximum absolute atomic E-state index is 12.3. The van der Waals surface area contributed by atoms with Crippen LogP contribution in [0, 0.1) is 6.92 Å². The lowest BCUT2D eigenvalue weighted by molar-refractivity contribution is 0.0953. The smallest absolute Gasteiger partial charge is 0.251 e. The lowest BCUT2D eigenvalue weighted by Crippen LogP contribution is -2.24. The summed E-state index contributed by atoms with van der Waals surface area (Å²) in [7, 11) is 0. The van der Waals surface area contributed by atoms with E-state index in [1.165, 1.54) is 5.56 Å². The molecule has 1 N–H and O–H groups in total. The van der Waals surface area contributed by atoms with Gasteiger partial charge in [-0.2, -0.15) is 0 Å². The van der Waals surface area contributed by atoms with Crippen molar-refractivity contribution in [1.82, 2.24) is 14.9 Å². The molecule has 194 valence electrons. The highest BCUT2D eigenvalue weighted by atomic mass is 16.5. The van der Waals surface area contributed by atoms with Gasteiger partial charge in [-0.05, 0) is 67.1 Å². The van der Waals surface area contributed by atoms with Crippen molar-refractivity contribution >= 4 is 16.9 Å². The molecule has 0 aliphatic rings. The minimum Gasteiger partial charge on any atom is -0.492 e. The second kappa shape index (κ2) is 12.1. The first-order valence-electron chi connectivity index (χ1n) is 13.3. The summed E-state index contributed by atoms with van der Waals surface area (Å²) in [6, 6.07) is 24.4. The Morgan fingerprint density at radius 3 is 2.38 bits per heavy atom. The van der Waals surface area contributed by atoms with Gasteiger partial charge in [0.2, 0.25) is 0 Å². The summed E-state index contributed by atoms with van der Waals surface area (Å²) in [5, 5.41) is 3.03. The van der Waals surface area contributed by atoms with Gasteiger partial charge in [0.05, 0.1) is 17.6 Å². The first-order valence-corrected chi connectivity index (χ1v) is 13.3. The van der Waals surface area contributed by atoms with Gasteiger partial charge in [-0.15, -0.1) is 0 Å². The number of carbonyl (C=O) groups is 1. The van der Waals surface area contributed by atoms with E-state index in [4.69, 9.17) is 9.72 Å². The maximum Gasteiger partial charge on any atom is 0.251 e. The summed E-state index contributed by atoms with van der Waals surface area (Å²) in [5.74, 6) is 1.98. The lowest BCUT2D eigenvalue weighted by Gasteiger charge is -2.19. The molecule has 0 fully saturated rings. The number of unbranched alkanes of at least 4 members (excludes halogenated alkanes) is 2. The number of rotatable bonds is 11. The van der Waals surface area contributed by atoms with Crippen molar-refractivity contribution in [1.29, 1.82) is 0 Å². The first kappa shape index (κ1) is 26.5. The van der Waals surface area contributed by atoms with Gasteiger partial charge < -0.3 is 14.6 Å². The maximum atomic E-state index is 12.3. The molecular weight excluding hydrogens is 458 g/mol. The normalized spacial score (nSPS) is 11.6. The molecule has 3 aromatic carbocycles. The third-order valence-electron chi connectivity index (χ3n) is 6.71. The third-order valence-corrected chi connectivity index (χ3v) is 6.71. The minimum absolute atomic E-state index is 0.00478. The molecule has 4 rings (SSSR count). The van der Waals surface area contributed by atoms with Gasteiger partial charge >= 0.3 is 0 Å². The Balaban J connectivity index is 1.27. The van der Waals surface area contributed by atoms with Crippen molar-refractivity contribution in [3.63, 3.8) is 0 Å². The molecule has 0 atom stereocenters. The number of carbonyl (C=O) groups excluding carboxylic acids is 1. The summed E-state index contributed by atoms with van der Waals surface area (Å²) in [6.07, 6.45) is 3.92. The molecule has 0 saturated heterocycles. The van der Waals surface area contributed by atoms with Crippen molar-refractivity contribution in [2.45, 2.75) is 65.3 Å². The zero-order valence-electron chi connectivity index (χ0n) is 22.6. The molecule has 0 aliphatic carbocycles. The van der Waals surface area contributed by atoms with Crippen LogP contribution in [0.25, 0.3) is 11.0 Å². The molecule has 4 aromatic rings. The van der Waals surface area contributed by atoms with Gasteiger partial charge in [-0.25, -0.2) is 4.98 Å². The molecular formula is C32H39N3O2. The Morgan fingerprint density at radius 1 is 0.919 bits per heavy atom. The number of nitrogens with one attached hydrogen (secondary N) is 1. The SMILES string of the molecule is Cc1ccc(C(=O)NCCCCCc2nc3ccccc3n2CCOc2ccc(C(C)(C)C)cc2)cc1. The number of fused-ring (bicyclic) bond motifs is 1. The molecule has 5 heteroatoms. The zero-order valence-corrected chi connectivity index (χ0v) is 22.6. The van der Waals surface area contributed by atoms with Crippen LogP contribution in [0.5, 0.6) is 5.75 Å². The van der Waals surface area contributed by atoms with Crippen molar-refractivity contribution in [2.24, 2.45) is 0 Å². The largest absolute Gasteiger partial charge is 0.492 e. The monoisotopic (exact) mass is 497 g/mol. The summed E-state index contributed by atoms with van der Waals surface area (Å²) < 4.78 is 8.37. The number of aryl methyl sites for hydroxylation is 2. The molecule has 37 heavy (non-hydrogen) atoms. The van der Waals surface area contributed by atoms with Crippen LogP contribution in [0.1, 0.15) is 67.3 Å². The van der Waals surface area contributed by atoms with Crippen LogP contribution in [-0.4, -0.2) is 28.6 Å². The molecule has 0 saturated carbocycles. The topological polar surface area (TPSA) is 56.2 Å². The van der Waals surface area contributed by atoms with Crippen LogP contribution in [0.15, 0.2) is 72.8 Å². The highest BCUT2D eigenvalue weighted by Gasteiger charge is 2.14. The van der Waals surface area contributed by atoms with E-state index in [1.54, 1.807) is 0 Å². The van der Waals surface area contributed by atoms with Crippen LogP contribution < -0.4 is 10.1 Å². The summed E-state index contributed by atoms with van der Waals surface area (Å²) >= 11 is 0. The highest BCUT2D eigenvalue weighted by Crippen LogP contribution is 2.24. The number of hydrogen-bond acceptors (Lipinski definition) is 3. The zero-order chi connectivity index (χ0) is 26.3. The number of ether oxygens (including phenoxy) is 1. The highest BCUT2D eigenvalue weighted by molar-refractivity contribution is 5.94. The number of nitrogens with zero attached hydrogens (tertiary/aromatic N) is 2. The van der Waals surface area contributed by atoms with Crippen molar-refractivity contribution in [3.05, 3.63) is 95.3 Å². The molecule has 0 radical (unpaired) electrons. The van der Waals surface area contributed by atoms with Gasteiger partial charge in [0, 0.05) is 18.5 Å². The molecule has 5 nitrogen and oxygen atoms in total. The van der Waals surface area contributed by atoms with E-state index in [2.05, 4.69) is 73.1 Å². The van der Waals surface area contributed by atoms with E-state index in [1.807, 2.05) is 37.3 Å². The van der Waals surface area contributed by atoms with Crippen LogP contribution in [0.2, 0.25) is 0 Å². The first-order chi connectivity index (χ1) is 17.8. The second-order valence-corrected chi connectivity index (χ2v) is 10.7. The van der Waals surface area contributed by atoms with Gasteiger partial charge in [-0.3, -0.25) is 4.79 Å². The fourth-order valence-corrected chi connectivity index (χ4v) is 4.47. The van der Waals surface area contributed by atoms with Crippen LogP contribution in [-0.2, 0) is 18.4 Å². The van der Waals surface area contributed by atoms with Crippen LogP contribution in [0.4, 0.5) is 0 Å². The number of aromatic nitrogens is 2. The molecule has 0 spiro atoms. The van der Waals surface area contributed by atoms with Gasteiger partial charge in [0.1, 0.15) is 18.2 Å². The Labute approximate surface area is 220 Å². The van der Waals surface area contributed by atoms with Gasteiger partial charge in [0.15, 0.2) is 0 Å². The molecule has 1 amide bonds. The summed E-state index contributed by atoms with van der Waals surface area (Å²) in [4.78, 5) is 17.2. The molecule has 0 unspecified atom stereocenters. The van der Waals surface area contributed by atoms with Crippen molar-refractivity contribution in [3.8, 4) is 5.75 Å². The molecule has 0 bridgehead atoms. The van der Waals surface area contributed by atoms with E-state index in [-0.39, 0.29) is 11.3 Å². The van der Waals surface area contributed by atoms with Crippen LogP contribution >= 0.6 is 0 Å². The Bertz CT molecular complexity index is 1300.